The van der Waals surface area contributed by atoms with E-state index < -0.39 is 5.54 Å². The first kappa shape index (κ1) is 24.9. The van der Waals surface area contributed by atoms with Gasteiger partial charge in [-0.2, -0.15) is 0 Å². The predicted octanol–water partition coefficient (Wildman–Crippen LogP) is 5.48. The third kappa shape index (κ3) is 4.93. The number of ether oxygens (including phenoxy) is 2. The van der Waals surface area contributed by atoms with Crippen molar-refractivity contribution < 1.29 is 9.47 Å². The van der Waals surface area contributed by atoms with Crippen molar-refractivity contribution >= 4 is 26.2 Å². The van der Waals surface area contributed by atoms with Crippen LogP contribution in [0.4, 0.5) is 5.82 Å². The number of imidazole rings is 1. The Morgan fingerprint density at radius 2 is 1.49 bits per heavy atom. The molecule has 37 heavy (non-hydrogen) atoms. The fourth-order valence-electron chi connectivity index (χ4n) is 4.71. The number of aromatic nitrogens is 4. The van der Waals surface area contributed by atoms with Crippen molar-refractivity contribution in [2.24, 2.45) is 0 Å². The molecule has 2 atom stereocenters. The normalized spacial score (nSPS) is 12.4. The van der Waals surface area contributed by atoms with Crippen LogP contribution in [0.1, 0.15) is 23.6 Å². The molecule has 2 aromatic heterocycles. The van der Waals surface area contributed by atoms with E-state index in [4.69, 9.17) is 14.5 Å². The number of nitrogens with one attached hydrogen (secondary N) is 1. The first-order valence-corrected chi connectivity index (χ1v) is 13.0. The van der Waals surface area contributed by atoms with Crippen molar-refractivity contribution in [2.45, 2.75) is 25.1 Å². The van der Waals surface area contributed by atoms with E-state index in [1.165, 1.54) is 0 Å². The second-order valence-corrected chi connectivity index (χ2v) is 9.10. The number of hydrogen-bond donors (Lipinski definition) is 1. The lowest BCUT2D eigenvalue weighted by Gasteiger charge is -2.37. The largest absolute Gasteiger partial charge is 0.497 e. The van der Waals surface area contributed by atoms with Crippen molar-refractivity contribution in [2.75, 3.05) is 18.8 Å². The molecule has 2 unspecified atom stereocenters. The van der Waals surface area contributed by atoms with Crippen LogP contribution in [0.15, 0.2) is 97.6 Å². The zero-order valence-corrected chi connectivity index (χ0v) is 22.1. The van der Waals surface area contributed by atoms with Crippen molar-refractivity contribution in [1.82, 2.24) is 19.5 Å². The Morgan fingerprint density at radius 1 is 0.865 bits per heavy atom. The third-order valence-corrected chi connectivity index (χ3v) is 6.67. The minimum atomic E-state index is -0.754. The maximum absolute atomic E-state index is 5.71. The van der Waals surface area contributed by atoms with Gasteiger partial charge < -0.3 is 19.4 Å². The number of rotatable bonds is 10. The van der Waals surface area contributed by atoms with Gasteiger partial charge in [0.1, 0.15) is 23.1 Å². The quantitative estimate of drug-likeness (QED) is 0.198. The molecule has 0 fully saturated rings. The van der Waals surface area contributed by atoms with Crippen molar-refractivity contribution in [1.29, 1.82) is 0 Å². The Labute approximate surface area is 219 Å². The summed E-state index contributed by atoms with van der Waals surface area (Å²) >= 11 is 0. The zero-order chi connectivity index (χ0) is 25.7. The van der Waals surface area contributed by atoms with Crippen molar-refractivity contribution in [3.05, 3.63) is 114 Å². The van der Waals surface area contributed by atoms with Gasteiger partial charge in [0.25, 0.3) is 0 Å². The van der Waals surface area contributed by atoms with Crippen molar-refractivity contribution in [3.63, 3.8) is 0 Å². The standard InChI is InChI=1S/C29H30N5O2P/c1-21(36-20-37)17-34-19-32-26-27(30-18-31-28(26)34)33-29(22-9-5-3-6-10-22,23-11-7-4-8-12-23)24-13-15-25(35-2)16-14-24/h3-16,18-19,21H,17,20,37H2,1-2H3,(H,30,31,33). The van der Waals surface area contributed by atoms with E-state index >= 15 is 0 Å². The molecule has 0 amide bonds. The summed E-state index contributed by atoms with van der Waals surface area (Å²) in [7, 11) is 4.27. The van der Waals surface area contributed by atoms with Crippen LogP contribution < -0.4 is 10.1 Å². The molecule has 0 spiro atoms. The molecule has 1 N–H and O–H groups in total. The predicted molar refractivity (Wildman–Crippen MR) is 150 cm³/mol. The molecule has 5 rings (SSSR count). The van der Waals surface area contributed by atoms with Crippen LogP contribution in [0.5, 0.6) is 5.75 Å². The summed E-state index contributed by atoms with van der Waals surface area (Å²) in [5, 5.41) is 3.81. The first-order chi connectivity index (χ1) is 18.2. The maximum Gasteiger partial charge on any atom is 0.165 e. The summed E-state index contributed by atoms with van der Waals surface area (Å²) in [5.41, 5.74) is 3.88. The third-order valence-electron chi connectivity index (χ3n) is 6.48. The SMILES string of the molecule is COc1ccc(C(Nc2ncnc3c2ncn3CC(C)OCP)(c2ccccc2)c2ccccc2)cc1. The monoisotopic (exact) mass is 511 g/mol. The Morgan fingerprint density at radius 3 is 2.08 bits per heavy atom. The molecule has 0 saturated heterocycles. The van der Waals surface area contributed by atoms with Gasteiger partial charge in [-0.15, -0.1) is 9.24 Å². The van der Waals surface area contributed by atoms with Gasteiger partial charge in [-0.1, -0.05) is 72.8 Å². The first-order valence-electron chi connectivity index (χ1n) is 12.2. The lowest BCUT2D eigenvalue weighted by atomic mass is 9.77. The molecule has 0 radical (unpaired) electrons. The molecular formula is C29H30N5O2P. The topological polar surface area (TPSA) is 74.1 Å². The lowest BCUT2D eigenvalue weighted by Crippen LogP contribution is -2.38. The van der Waals surface area contributed by atoms with Crippen LogP contribution in [0.3, 0.4) is 0 Å². The summed E-state index contributed by atoms with van der Waals surface area (Å²) in [6.45, 7) is 2.68. The Bertz CT molecular complexity index is 1400. The molecule has 188 valence electrons. The second kappa shape index (κ2) is 11.1. The van der Waals surface area contributed by atoms with Gasteiger partial charge in [-0.05, 0) is 35.7 Å². The van der Waals surface area contributed by atoms with E-state index in [0.29, 0.717) is 24.2 Å². The van der Waals surface area contributed by atoms with Gasteiger partial charge in [0.05, 0.1) is 32.4 Å². The minimum absolute atomic E-state index is 0.0216. The summed E-state index contributed by atoms with van der Waals surface area (Å²) in [5.74, 6) is 1.44. The highest BCUT2D eigenvalue weighted by Crippen LogP contribution is 2.41. The summed E-state index contributed by atoms with van der Waals surface area (Å²) < 4.78 is 13.2. The van der Waals surface area contributed by atoms with Crippen LogP contribution in [-0.2, 0) is 16.8 Å². The number of methoxy groups -OCH3 is 1. The Balaban J connectivity index is 1.69. The molecule has 3 aromatic carbocycles. The number of fused-ring (bicyclic) bond motifs is 1. The van der Waals surface area contributed by atoms with E-state index in [1.54, 1.807) is 19.8 Å². The number of anilines is 1. The molecule has 0 saturated carbocycles. The number of nitrogens with zero attached hydrogens (tertiary/aromatic N) is 4. The smallest absolute Gasteiger partial charge is 0.165 e. The fourth-order valence-corrected chi connectivity index (χ4v) is 5.04. The molecule has 8 heteroatoms. The number of benzene rings is 3. The van der Waals surface area contributed by atoms with E-state index in [9.17, 15) is 0 Å². The molecule has 2 heterocycles. The van der Waals surface area contributed by atoms with Crippen LogP contribution in [0.2, 0.25) is 0 Å². The van der Waals surface area contributed by atoms with Gasteiger partial charge >= 0.3 is 0 Å². The number of hydrogen-bond acceptors (Lipinski definition) is 6. The Hall–Kier alpha value is -3.80. The average Bonchev–Trinajstić information content (AvgIpc) is 3.36. The van der Waals surface area contributed by atoms with E-state index in [0.717, 1.165) is 28.1 Å². The molecule has 7 nitrogen and oxygen atoms in total. The summed E-state index contributed by atoms with van der Waals surface area (Å²) in [4.78, 5) is 14.0. The summed E-state index contributed by atoms with van der Waals surface area (Å²) in [6.07, 6.45) is 3.98. The van der Waals surface area contributed by atoms with E-state index in [1.807, 2.05) is 35.8 Å². The second-order valence-electron chi connectivity index (χ2n) is 8.77. The van der Waals surface area contributed by atoms with Gasteiger partial charge in [-0.3, -0.25) is 0 Å². The summed E-state index contributed by atoms with van der Waals surface area (Å²) in [6, 6.07) is 28.9. The molecule has 5 aromatic rings. The highest BCUT2D eigenvalue weighted by molar-refractivity contribution is 7.16. The maximum atomic E-state index is 5.71. The van der Waals surface area contributed by atoms with Gasteiger partial charge in [0.15, 0.2) is 11.5 Å². The zero-order valence-electron chi connectivity index (χ0n) is 20.9. The van der Waals surface area contributed by atoms with Crippen LogP contribution >= 0.6 is 9.24 Å². The highest BCUT2D eigenvalue weighted by Gasteiger charge is 2.37. The van der Waals surface area contributed by atoms with E-state index in [2.05, 4.69) is 85.2 Å². The lowest BCUT2D eigenvalue weighted by molar-refractivity contribution is 0.0912. The minimum Gasteiger partial charge on any atom is -0.497 e. The van der Waals surface area contributed by atoms with Crippen molar-refractivity contribution in [3.8, 4) is 5.75 Å². The Kier molecular flexibility index (Phi) is 7.45. The molecule has 0 aliphatic heterocycles. The average molecular weight is 512 g/mol. The highest BCUT2D eigenvalue weighted by atomic mass is 31.0. The molecular weight excluding hydrogens is 481 g/mol. The fraction of sp³-hybridized carbons (Fsp3) is 0.207. The van der Waals surface area contributed by atoms with Crippen LogP contribution in [0, 0.1) is 0 Å². The molecule has 0 aliphatic rings. The molecule has 0 aliphatic carbocycles. The van der Waals surface area contributed by atoms with E-state index in [-0.39, 0.29) is 6.10 Å². The van der Waals surface area contributed by atoms with Gasteiger partial charge in [0.2, 0.25) is 0 Å². The van der Waals surface area contributed by atoms with Crippen LogP contribution in [0.25, 0.3) is 11.2 Å². The van der Waals surface area contributed by atoms with Crippen LogP contribution in [-0.4, -0.2) is 39.1 Å². The molecule has 0 bridgehead atoms. The van der Waals surface area contributed by atoms with Gasteiger partial charge in [0, 0.05) is 0 Å². The van der Waals surface area contributed by atoms with Gasteiger partial charge in [-0.25, -0.2) is 15.0 Å².